The lowest BCUT2D eigenvalue weighted by molar-refractivity contribution is -0.137. The molecule has 0 radical (unpaired) electrons. The largest absolute Gasteiger partial charge is 0.464 e. The summed E-state index contributed by atoms with van der Waals surface area (Å²) < 4.78 is 12.6. The van der Waals surface area contributed by atoms with Crippen molar-refractivity contribution in [2.75, 3.05) is 0 Å². The molecule has 6 rings (SSSR count). The number of rotatable bonds is 4. The molecule has 0 aromatic carbocycles. The number of carbonyl (C=O) groups is 2. The van der Waals surface area contributed by atoms with E-state index in [0.29, 0.717) is 32.6 Å². The van der Waals surface area contributed by atoms with E-state index in [2.05, 4.69) is 45.2 Å². The molecule has 0 amide bonds. The average Bonchev–Trinajstić information content (AvgIpc) is 3.37. The predicted molar refractivity (Wildman–Crippen MR) is 111 cm³/mol. The number of halogens is 2. The third-order valence-electron chi connectivity index (χ3n) is 9.45. The number of carbonyl (C=O) groups excluding carboxylic acids is 2. The van der Waals surface area contributed by atoms with E-state index in [9.17, 15) is 9.59 Å². The van der Waals surface area contributed by atoms with E-state index in [1.807, 2.05) is 0 Å². The van der Waals surface area contributed by atoms with Crippen molar-refractivity contribution >= 4 is 58.1 Å². The molecule has 0 bridgehead atoms. The highest BCUT2D eigenvalue weighted by Gasteiger charge is 2.77. The van der Waals surface area contributed by atoms with Gasteiger partial charge in [-0.3, -0.25) is 9.59 Å². The van der Waals surface area contributed by atoms with E-state index in [1.54, 1.807) is 0 Å². The fourth-order valence-electron chi connectivity index (χ4n) is 9.34. The molecule has 0 unspecified atom stereocenters. The van der Waals surface area contributed by atoms with Gasteiger partial charge in [0.05, 0.1) is 0 Å². The van der Waals surface area contributed by atoms with Gasteiger partial charge in [-0.1, -0.05) is 45.2 Å². The molecule has 6 aliphatic carbocycles. The SMILES string of the molecule is O=CO[C@H]1CC[C@H]2[C@H]3[C@@H](I)[C@@H]4[C@H]5[C@H]3[C@@H]([C@H](I)[C@H]5[C@@H]3CC[C@@H](OC=O)[C@H]34)[C@H]21. The van der Waals surface area contributed by atoms with Gasteiger partial charge in [-0.2, -0.15) is 0 Å². The Hall–Kier alpha value is 0.400. The summed E-state index contributed by atoms with van der Waals surface area (Å²) in [5.74, 6) is 7.39. The summed E-state index contributed by atoms with van der Waals surface area (Å²) in [5, 5.41) is 0. The van der Waals surface area contributed by atoms with Gasteiger partial charge >= 0.3 is 0 Å². The Kier molecular flexibility index (Phi) is 3.96. The second kappa shape index (κ2) is 5.95. The summed E-state index contributed by atoms with van der Waals surface area (Å²) in [6.07, 6.45) is 4.91. The number of alkyl halides is 2. The van der Waals surface area contributed by atoms with Crippen LogP contribution in [0.3, 0.4) is 0 Å². The summed E-state index contributed by atoms with van der Waals surface area (Å²) >= 11 is 5.53. The van der Waals surface area contributed by atoms with Crippen LogP contribution in [0.25, 0.3) is 0 Å². The normalized spacial score (nSPS) is 63.5. The van der Waals surface area contributed by atoms with Gasteiger partial charge in [0.1, 0.15) is 12.2 Å². The maximum absolute atomic E-state index is 11.1. The minimum Gasteiger partial charge on any atom is -0.464 e. The van der Waals surface area contributed by atoms with Gasteiger partial charge in [0.2, 0.25) is 0 Å². The van der Waals surface area contributed by atoms with Crippen molar-refractivity contribution in [1.29, 1.82) is 0 Å². The van der Waals surface area contributed by atoms with E-state index in [4.69, 9.17) is 9.47 Å². The van der Waals surface area contributed by atoms with Crippen LogP contribution in [0, 0.1) is 59.2 Å². The number of ether oxygens (including phenoxy) is 2. The van der Waals surface area contributed by atoms with Gasteiger partial charge in [0.25, 0.3) is 12.9 Å². The zero-order chi connectivity index (χ0) is 17.7. The van der Waals surface area contributed by atoms with Crippen LogP contribution in [-0.4, -0.2) is 33.0 Å². The highest BCUT2D eigenvalue weighted by molar-refractivity contribution is 14.1. The van der Waals surface area contributed by atoms with Crippen LogP contribution >= 0.6 is 45.2 Å². The monoisotopic (exact) mass is 582 g/mol. The fourth-order valence-corrected chi connectivity index (χ4v) is 13.3. The molecule has 0 aliphatic heterocycles. The van der Waals surface area contributed by atoms with E-state index >= 15 is 0 Å². The van der Waals surface area contributed by atoms with Crippen LogP contribution in [-0.2, 0) is 19.1 Å². The Bertz CT molecular complexity index is 589. The number of hydrogen-bond donors (Lipinski definition) is 0. The van der Waals surface area contributed by atoms with Crippen LogP contribution in [0.2, 0.25) is 0 Å². The summed E-state index contributed by atoms with van der Waals surface area (Å²) in [6.45, 7) is 1.38. The molecule has 0 N–H and O–H groups in total. The molecule has 6 aliphatic rings. The Morgan fingerprint density at radius 2 is 1.00 bits per heavy atom. The first-order valence-corrected chi connectivity index (χ1v) is 12.6. The molecular formula is C20H24I2O4. The number of hydrogen-bond acceptors (Lipinski definition) is 4. The van der Waals surface area contributed by atoms with Crippen molar-refractivity contribution in [2.45, 2.75) is 45.7 Å². The van der Waals surface area contributed by atoms with Crippen molar-refractivity contribution in [3.63, 3.8) is 0 Å². The first kappa shape index (κ1) is 17.3. The molecule has 6 saturated carbocycles. The van der Waals surface area contributed by atoms with Crippen LogP contribution in [0.5, 0.6) is 0 Å². The van der Waals surface area contributed by atoms with Gasteiger partial charge in [0.15, 0.2) is 0 Å². The molecule has 142 valence electrons. The molecule has 4 nitrogen and oxygen atoms in total. The van der Waals surface area contributed by atoms with E-state index in [0.717, 1.165) is 60.2 Å². The molecule has 0 heterocycles. The van der Waals surface area contributed by atoms with Gasteiger partial charge < -0.3 is 9.47 Å². The molecule has 0 aromatic heterocycles. The Balaban J connectivity index is 1.40. The Morgan fingerprint density at radius 3 is 1.38 bits per heavy atom. The van der Waals surface area contributed by atoms with Gasteiger partial charge in [0, 0.05) is 19.7 Å². The summed E-state index contributed by atoms with van der Waals surface area (Å²) in [7, 11) is 0. The minimum absolute atomic E-state index is 0.164. The highest BCUT2D eigenvalue weighted by atomic mass is 127. The standard InChI is InChI=1S/C20H24I2O4/c21-19-13-7-1-3-9(25-5-23)11(7)17-15(13)16-14(20(17)22)8-2-4-10(26-6-24)12(8)18(16)19/h5-20H,1-4H2/t7-,8-,9-,10+,11+,12-,13+,14-,15-,16+,17+,18+,19-,20-/m1/s1. The average molecular weight is 582 g/mol. The van der Waals surface area contributed by atoms with E-state index in [-0.39, 0.29) is 12.2 Å². The Morgan fingerprint density at radius 1 is 0.577 bits per heavy atom. The third-order valence-corrected chi connectivity index (χ3v) is 12.8. The first-order chi connectivity index (χ1) is 12.7. The topological polar surface area (TPSA) is 52.6 Å². The lowest BCUT2D eigenvalue weighted by Crippen LogP contribution is -2.35. The lowest BCUT2D eigenvalue weighted by Gasteiger charge is -2.33. The first-order valence-electron chi connectivity index (χ1n) is 10.2. The highest BCUT2D eigenvalue weighted by Crippen LogP contribution is 2.78. The van der Waals surface area contributed by atoms with Crippen molar-refractivity contribution in [3.05, 3.63) is 0 Å². The van der Waals surface area contributed by atoms with Crippen LogP contribution in [0.4, 0.5) is 0 Å². The molecule has 0 saturated heterocycles. The van der Waals surface area contributed by atoms with Gasteiger partial charge in [-0.15, -0.1) is 0 Å². The maximum Gasteiger partial charge on any atom is 0.293 e. The predicted octanol–water partition coefficient (Wildman–Crippen LogP) is 3.48. The minimum atomic E-state index is 0.164. The maximum atomic E-state index is 11.1. The third kappa shape index (κ3) is 1.88. The Labute approximate surface area is 181 Å². The summed E-state index contributed by atoms with van der Waals surface area (Å²) in [4.78, 5) is 22.1. The molecule has 0 aromatic rings. The second-order valence-corrected chi connectivity index (χ2v) is 12.4. The van der Waals surface area contributed by atoms with Crippen LogP contribution in [0.1, 0.15) is 25.7 Å². The van der Waals surface area contributed by atoms with Crippen molar-refractivity contribution in [1.82, 2.24) is 0 Å². The van der Waals surface area contributed by atoms with Crippen LogP contribution in [0.15, 0.2) is 0 Å². The fraction of sp³-hybridized carbons (Fsp3) is 0.900. The quantitative estimate of drug-likeness (QED) is 0.290. The molecule has 6 fully saturated rings. The van der Waals surface area contributed by atoms with E-state index < -0.39 is 0 Å². The molecule has 14 atom stereocenters. The van der Waals surface area contributed by atoms with Gasteiger partial charge in [-0.05, 0) is 73.0 Å². The van der Waals surface area contributed by atoms with Crippen molar-refractivity contribution < 1.29 is 19.1 Å². The molecule has 0 spiro atoms. The number of fused-ring (bicyclic) bond motifs is 6. The zero-order valence-electron chi connectivity index (χ0n) is 14.5. The summed E-state index contributed by atoms with van der Waals surface area (Å²) in [6, 6.07) is 0. The van der Waals surface area contributed by atoms with Crippen molar-refractivity contribution in [3.8, 4) is 0 Å². The molecular weight excluding hydrogens is 558 g/mol. The lowest BCUT2D eigenvalue weighted by atomic mass is 9.79. The van der Waals surface area contributed by atoms with Crippen molar-refractivity contribution in [2.24, 2.45) is 59.2 Å². The summed E-state index contributed by atoms with van der Waals surface area (Å²) in [5.41, 5.74) is 0. The van der Waals surface area contributed by atoms with Crippen LogP contribution < -0.4 is 0 Å². The molecule has 26 heavy (non-hydrogen) atoms. The zero-order valence-corrected chi connectivity index (χ0v) is 18.8. The molecule has 6 heteroatoms. The smallest absolute Gasteiger partial charge is 0.293 e. The van der Waals surface area contributed by atoms with Gasteiger partial charge in [-0.25, -0.2) is 0 Å². The second-order valence-electron chi connectivity index (χ2n) is 9.53. The van der Waals surface area contributed by atoms with E-state index in [1.165, 1.54) is 12.8 Å².